The zero-order valence-corrected chi connectivity index (χ0v) is 31.9. The van der Waals surface area contributed by atoms with Crippen LogP contribution in [-0.2, 0) is 39.3 Å². The fourth-order valence-corrected chi connectivity index (χ4v) is 15.4. The first-order valence-electron chi connectivity index (χ1n) is 17.2. The first kappa shape index (κ1) is 35.6. The smallest absolute Gasteiger partial charge is 0.127 e. The van der Waals surface area contributed by atoms with Crippen molar-refractivity contribution in [2.45, 2.75) is 80.8 Å². The summed E-state index contributed by atoms with van der Waals surface area (Å²) in [5, 5.41) is 1.53. The minimum atomic E-state index is -1.51. The monoisotopic (exact) mass is 762 g/mol. The highest BCUT2D eigenvalue weighted by Crippen LogP contribution is 2.56. The summed E-state index contributed by atoms with van der Waals surface area (Å²) in [6, 6.07) is 11.0. The summed E-state index contributed by atoms with van der Waals surface area (Å²) in [5.74, 6) is -4.01. The van der Waals surface area contributed by atoms with E-state index in [1.54, 1.807) is 0 Å². The Bertz CT molecular complexity index is 2080. The molecule has 0 radical (unpaired) electrons. The Balaban J connectivity index is 1.86. The fraction of sp³-hybridized carbons (Fsp3) is 0.333. The van der Waals surface area contributed by atoms with Crippen molar-refractivity contribution in [2.75, 3.05) is 0 Å². The largest absolute Gasteiger partial charge is 0.312 e. The molecular formula is C36H39F6N6P3. The molecule has 3 aromatic heterocycles. The fourth-order valence-electron chi connectivity index (χ4n) is 7.65. The molecule has 3 heterocycles. The van der Waals surface area contributed by atoms with Gasteiger partial charge in [0.1, 0.15) is 34.9 Å². The van der Waals surface area contributed by atoms with Crippen molar-refractivity contribution < 1.29 is 26.3 Å². The zero-order chi connectivity index (χ0) is 36.5. The Morgan fingerprint density at radius 1 is 0.314 bits per heavy atom. The van der Waals surface area contributed by atoms with Crippen molar-refractivity contribution in [1.82, 2.24) is 26.0 Å². The van der Waals surface area contributed by atoms with Gasteiger partial charge in [-0.1, -0.05) is 0 Å². The van der Waals surface area contributed by atoms with E-state index < -0.39 is 58.5 Å². The van der Waals surface area contributed by atoms with Crippen molar-refractivity contribution in [2.24, 2.45) is 0 Å². The first-order valence-corrected chi connectivity index (χ1v) is 20.9. The molecule has 0 aliphatic rings. The van der Waals surface area contributed by atoms with Crippen LogP contribution < -0.4 is 0 Å². The molecule has 4 aromatic carbocycles. The highest BCUT2D eigenvalue weighted by atomic mass is 31.1. The molecule has 270 valence electrons. The quantitative estimate of drug-likeness (QED) is 0.131. The molecule has 0 atom stereocenters. The number of halogens is 6. The Hall–Kier alpha value is -3.84. The topological polar surface area (TPSA) is 29.6 Å². The van der Waals surface area contributed by atoms with Crippen molar-refractivity contribution in [3.63, 3.8) is 0 Å². The Labute approximate surface area is 294 Å². The van der Waals surface area contributed by atoms with Crippen LogP contribution >= 0.6 is 23.6 Å². The van der Waals surface area contributed by atoms with E-state index in [0.717, 1.165) is 51.3 Å². The van der Waals surface area contributed by atoms with Gasteiger partial charge in [-0.15, -0.1) is 0 Å². The van der Waals surface area contributed by atoms with Crippen molar-refractivity contribution in [3.05, 3.63) is 89.5 Å². The van der Waals surface area contributed by atoms with Crippen LogP contribution in [0.15, 0.2) is 54.6 Å². The second-order valence-corrected chi connectivity index (χ2v) is 18.3. The van der Waals surface area contributed by atoms with Crippen molar-refractivity contribution >= 4 is 56.7 Å². The molecule has 0 bridgehead atoms. The lowest BCUT2D eigenvalue weighted by molar-refractivity contribution is 0.584. The SMILES string of the molecule is CCn1c2c3c(c4c(c2n(CC)p1-c1cc(F)cc(F)c1)n(CC)p(-c1cc(F)cc(F)c1)n4CC)n(CC)p(-c1cc(F)cc(F)c1)n3CC. The van der Waals surface area contributed by atoms with Crippen LogP contribution in [0.1, 0.15) is 41.5 Å². The van der Waals surface area contributed by atoms with Gasteiger partial charge in [-0.25, -0.2) is 26.3 Å². The first-order chi connectivity index (χ1) is 24.5. The van der Waals surface area contributed by atoms with Gasteiger partial charge in [-0.05, 0) is 77.9 Å². The third-order valence-electron chi connectivity index (χ3n) is 9.30. The summed E-state index contributed by atoms with van der Waals surface area (Å²) in [4.78, 5) is 0. The highest BCUT2D eigenvalue weighted by Gasteiger charge is 2.32. The highest BCUT2D eigenvalue weighted by molar-refractivity contribution is 7.52. The van der Waals surface area contributed by atoms with E-state index >= 15 is 0 Å². The van der Waals surface area contributed by atoms with E-state index in [0.29, 0.717) is 55.2 Å². The van der Waals surface area contributed by atoms with Crippen molar-refractivity contribution in [1.29, 1.82) is 0 Å². The lowest BCUT2D eigenvalue weighted by atomic mass is 10.2. The van der Waals surface area contributed by atoms with Gasteiger partial charge in [-0.2, -0.15) is 0 Å². The van der Waals surface area contributed by atoms with Crippen LogP contribution in [0.2, 0.25) is 0 Å². The number of aryl methyl sites for hydroxylation is 6. The number of nitrogens with zero attached hydrogens (tertiary/aromatic N) is 6. The summed E-state index contributed by atoms with van der Waals surface area (Å²) in [7, 11) is -4.54. The maximum absolute atomic E-state index is 14.9. The number of benzene rings is 4. The van der Waals surface area contributed by atoms with E-state index in [9.17, 15) is 26.3 Å². The Morgan fingerprint density at radius 2 is 0.471 bits per heavy atom. The normalized spacial score (nSPS) is 13.1. The summed E-state index contributed by atoms with van der Waals surface area (Å²) >= 11 is 0. The molecule has 0 N–H and O–H groups in total. The molecule has 15 heteroatoms. The van der Waals surface area contributed by atoms with Gasteiger partial charge in [0.25, 0.3) is 0 Å². The second kappa shape index (κ2) is 13.6. The lowest BCUT2D eigenvalue weighted by Crippen LogP contribution is -2.00. The molecule has 0 spiro atoms. The Kier molecular flexibility index (Phi) is 9.49. The molecule has 0 aliphatic heterocycles. The van der Waals surface area contributed by atoms with Gasteiger partial charge in [0.05, 0.1) is 56.7 Å². The van der Waals surface area contributed by atoms with E-state index in [1.165, 1.54) is 36.4 Å². The second-order valence-electron chi connectivity index (χ2n) is 12.1. The molecule has 0 amide bonds. The van der Waals surface area contributed by atoms with Gasteiger partial charge in [-0.3, -0.25) is 0 Å². The van der Waals surface area contributed by atoms with Gasteiger partial charge in [0, 0.05) is 73.4 Å². The minimum Gasteiger partial charge on any atom is -0.312 e. The lowest BCUT2D eigenvalue weighted by Gasteiger charge is -2.13. The Morgan fingerprint density at radius 3 is 0.608 bits per heavy atom. The summed E-state index contributed by atoms with van der Waals surface area (Å²) in [6.45, 7) is 15.1. The predicted molar refractivity (Wildman–Crippen MR) is 199 cm³/mol. The summed E-state index contributed by atoms with van der Waals surface area (Å²) in [5.41, 5.74) is 5.27. The predicted octanol–water partition coefficient (Wildman–Crippen LogP) is 12.5. The van der Waals surface area contributed by atoms with Gasteiger partial charge in [0.2, 0.25) is 0 Å². The molecular weight excluding hydrogens is 723 g/mol. The number of fused-ring (bicyclic) bond motifs is 6. The van der Waals surface area contributed by atoms with Gasteiger partial charge < -0.3 is 26.0 Å². The van der Waals surface area contributed by atoms with Crippen LogP contribution in [0.3, 0.4) is 0 Å². The number of rotatable bonds is 9. The third-order valence-corrected chi connectivity index (χ3v) is 17.1. The maximum atomic E-state index is 14.9. The van der Waals surface area contributed by atoms with Crippen molar-refractivity contribution in [3.8, 4) is 15.9 Å². The minimum absolute atomic E-state index is 0.502. The summed E-state index contributed by atoms with van der Waals surface area (Å²) in [6.07, 6.45) is 0. The third kappa shape index (κ3) is 5.48. The molecule has 7 aromatic rings. The number of aromatic nitrogens is 6. The molecule has 0 fully saturated rings. The van der Waals surface area contributed by atoms with E-state index in [4.69, 9.17) is 0 Å². The van der Waals surface area contributed by atoms with E-state index in [2.05, 4.69) is 26.0 Å². The van der Waals surface area contributed by atoms with Gasteiger partial charge >= 0.3 is 0 Å². The van der Waals surface area contributed by atoms with E-state index in [-0.39, 0.29) is 0 Å². The molecule has 0 unspecified atom stereocenters. The standard InChI is InChI=1S/C36H39F6N6P3/c1-7-43-31-32(44(8-2)49(43)28-16-22(37)13-23(38)17-28)34-36(48(12-6)51(46(34)10-4)30-20-26(41)15-27(42)21-30)35-33(31)45(9-3)50(47(35)11-5)29-18-24(39)14-25(40)19-29/h13-21H,7-12H2,1-6H3. The number of hydrogen-bond donors (Lipinski definition) is 0. The maximum Gasteiger partial charge on any atom is 0.127 e. The zero-order valence-electron chi connectivity index (χ0n) is 29.2. The van der Waals surface area contributed by atoms with E-state index in [1.807, 2.05) is 41.5 Å². The molecule has 7 rings (SSSR count). The van der Waals surface area contributed by atoms with Crippen LogP contribution in [0, 0.1) is 34.9 Å². The average molecular weight is 763 g/mol. The van der Waals surface area contributed by atoms with Crippen LogP contribution in [0.4, 0.5) is 26.3 Å². The molecule has 0 saturated carbocycles. The number of hydrogen-bond acceptors (Lipinski definition) is 0. The van der Waals surface area contributed by atoms with Gasteiger partial charge in [0.15, 0.2) is 0 Å². The van der Waals surface area contributed by atoms with Crippen LogP contribution in [-0.4, -0.2) is 26.0 Å². The van der Waals surface area contributed by atoms with Crippen LogP contribution in [0.25, 0.3) is 49.0 Å². The molecule has 0 aliphatic carbocycles. The average Bonchev–Trinajstić information content (AvgIpc) is 3.71. The molecule has 6 nitrogen and oxygen atoms in total. The summed E-state index contributed by atoms with van der Waals surface area (Å²) < 4.78 is 103. The van der Waals surface area contributed by atoms with Crippen LogP contribution in [0.5, 0.6) is 0 Å². The molecule has 51 heavy (non-hydrogen) atoms. The molecule has 0 saturated heterocycles.